The van der Waals surface area contributed by atoms with Gasteiger partial charge in [-0.1, -0.05) is 12.8 Å². The van der Waals surface area contributed by atoms with Gasteiger partial charge in [0.25, 0.3) is 0 Å². The van der Waals surface area contributed by atoms with Gasteiger partial charge < -0.3 is 10.6 Å². The van der Waals surface area contributed by atoms with Crippen molar-refractivity contribution in [3.05, 3.63) is 15.8 Å². The lowest BCUT2D eigenvalue weighted by atomic mass is 10.00. The lowest BCUT2D eigenvalue weighted by Crippen LogP contribution is -2.25. The van der Waals surface area contributed by atoms with Crippen LogP contribution in [0.4, 0.5) is 17.5 Å². The maximum absolute atomic E-state index is 11.2. The molecule has 0 aromatic carbocycles. The highest BCUT2D eigenvalue weighted by Gasteiger charge is 2.27. The number of nitro groups is 1. The maximum atomic E-state index is 11.2. The predicted molar refractivity (Wildman–Crippen MR) is 78.0 cm³/mol. The van der Waals surface area contributed by atoms with Gasteiger partial charge in [0.05, 0.1) is 4.92 Å². The van der Waals surface area contributed by atoms with E-state index < -0.39 is 4.92 Å². The highest BCUT2D eigenvalue weighted by atomic mass is 16.6. The van der Waals surface area contributed by atoms with Gasteiger partial charge in [-0.25, -0.2) is 4.98 Å². The van der Waals surface area contributed by atoms with E-state index in [4.69, 9.17) is 0 Å². The van der Waals surface area contributed by atoms with E-state index in [1.54, 1.807) is 14.0 Å². The topological polar surface area (TPSA) is 93.0 Å². The Kier molecular flexibility index (Phi) is 4.36. The molecule has 1 unspecified atom stereocenters. The molecular formula is C13H21N5O2. The summed E-state index contributed by atoms with van der Waals surface area (Å²) >= 11 is 0. The van der Waals surface area contributed by atoms with Gasteiger partial charge in [-0.2, -0.15) is 4.98 Å². The fraction of sp³-hybridized carbons (Fsp3) is 0.692. The number of hydrogen-bond donors (Lipinski definition) is 2. The zero-order chi connectivity index (χ0) is 14.7. The van der Waals surface area contributed by atoms with Gasteiger partial charge in [-0.05, 0) is 32.6 Å². The fourth-order valence-electron chi connectivity index (χ4n) is 2.79. The van der Waals surface area contributed by atoms with Gasteiger partial charge in [0.2, 0.25) is 11.8 Å². The largest absolute Gasteiger partial charge is 0.361 e. The Hall–Kier alpha value is -1.92. The minimum atomic E-state index is -0.418. The van der Waals surface area contributed by atoms with E-state index in [-0.39, 0.29) is 11.7 Å². The van der Waals surface area contributed by atoms with Crippen molar-refractivity contribution in [1.82, 2.24) is 9.97 Å². The summed E-state index contributed by atoms with van der Waals surface area (Å²) in [5, 5.41) is 17.3. The lowest BCUT2D eigenvalue weighted by Gasteiger charge is -2.21. The molecule has 1 heterocycles. The third-order valence-electron chi connectivity index (χ3n) is 3.94. The maximum Gasteiger partial charge on any atom is 0.332 e. The van der Waals surface area contributed by atoms with Crippen molar-refractivity contribution in [2.75, 3.05) is 17.7 Å². The van der Waals surface area contributed by atoms with Gasteiger partial charge in [0.1, 0.15) is 5.69 Å². The summed E-state index contributed by atoms with van der Waals surface area (Å²) in [4.78, 5) is 19.1. The normalized spacial score (nSPS) is 16.9. The first kappa shape index (κ1) is 14.5. The van der Waals surface area contributed by atoms with Crippen molar-refractivity contribution in [3.63, 3.8) is 0 Å². The number of nitrogens with zero attached hydrogens (tertiary/aromatic N) is 3. The standard InChI is InChI=1S/C13H21N5O2/c1-8(10-6-4-5-7-10)15-12-11(18(19)20)9(2)16-13(14-3)17-12/h8,10H,4-7H2,1-3H3,(H2,14,15,16,17). The molecule has 2 N–H and O–H groups in total. The third-order valence-corrected chi connectivity index (χ3v) is 3.94. The van der Waals surface area contributed by atoms with Crippen LogP contribution >= 0.6 is 0 Å². The van der Waals surface area contributed by atoms with Crippen LogP contribution < -0.4 is 10.6 Å². The van der Waals surface area contributed by atoms with Gasteiger partial charge in [0, 0.05) is 13.1 Å². The molecule has 0 spiro atoms. The summed E-state index contributed by atoms with van der Waals surface area (Å²) in [6, 6.07) is 0.176. The zero-order valence-electron chi connectivity index (χ0n) is 12.1. The van der Waals surface area contributed by atoms with Gasteiger partial charge in [0.15, 0.2) is 0 Å². The van der Waals surface area contributed by atoms with E-state index >= 15 is 0 Å². The summed E-state index contributed by atoms with van der Waals surface area (Å²) in [6.07, 6.45) is 4.82. The fourth-order valence-corrected chi connectivity index (χ4v) is 2.79. The Labute approximate surface area is 118 Å². The molecule has 1 aromatic rings. The average molecular weight is 279 g/mol. The zero-order valence-corrected chi connectivity index (χ0v) is 12.1. The van der Waals surface area contributed by atoms with Crippen LogP contribution in [0.1, 0.15) is 38.3 Å². The van der Waals surface area contributed by atoms with Crippen molar-refractivity contribution in [2.24, 2.45) is 5.92 Å². The van der Waals surface area contributed by atoms with E-state index in [2.05, 4.69) is 27.5 Å². The smallest absolute Gasteiger partial charge is 0.332 e. The Morgan fingerprint density at radius 3 is 2.55 bits per heavy atom. The van der Waals surface area contributed by atoms with Gasteiger partial charge in [-0.15, -0.1) is 0 Å². The van der Waals surface area contributed by atoms with Crippen LogP contribution in [0.3, 0.4) is 0 Å². The summed E-state index contributed by atoms with van der Waals surface area (Å²) < 4.78 is 0. The van der Waals surface area contributed by atoms with Crippen molar-refractivity contribution < 1.29 is 4.92 Å². The molecule has 0 saturated heterocycles. The Morgan fingerprint density at radius 2 is 2.00 bits per heavy atom. The van der Waals surface area contributed by atoms with Crippen LogP contribution in [0, 0.1) is 23.0 Å². The molecule has 1 aliphatic rings. The van der Waals surface area contributed by atoms with Crippen LogP contribution in [0.5, 0.6) is 0 Å². The molecular weight excluding hydrogens is 258 g/mol. The number of aromatic nitrogens is 2. The van der Waals surface area contributed by atoms with Crippen molar-refractivity contribution in [1.29, 1.82) is 0 Å². The Balaban J connectivity index is 2.28. The molecule has 7 heteroatoms. The Bertz CT molecular complexity index is 500. The third kappa shape index (κ3) is 2.97. The average Bonchev–Trinajstić information content (AvgIpc) is 2.91. The van der Waals surface area contributed by atoms with E-state index in [0.29, 0.717) is 23.4 Å². The highest BCUT2D eigenvalue weighted by molar-refractivity contribution is 5.61. The van der Waals surface area contributed by atoms with E-state index in [1.807, 2.05) is 0 Å². The molecule has 1 aromatic heterocycles. The second-order valence-corrected chi connectivity index (χ2v) is 5.31. The summed E-state index contributed by atoms with van der Waals surface area (Å²) in [6.45, 7) is 3.70. The van der Waals surface area contributed by atoms with Crippen LogP contribution in [0.2, 0.25) is 0 Å². The van der Waals surface area contributed by atoms with Crippen molar-refractivity contribution >= 4 is 17.5 Å². The minimum absolute atomic E-state index is 0.0335. The van der Waals surface area contributed by atoms with Crippen LogP contribution in [-0.4, -0.2) is 28.0 Å². The summed E-state index contributed by atoms with van der Waals surface area (Å²) in [5.41, 5.74) is 0.337. The summed E-state index contributed by atoms with van der Waals surface area (Å²) in [7, 11) is 1.70. The molecule has 0 amide bonds. The molecule has 0 radical (unpaired) electrons. The molecule has 0 bridgehead atoms. The molecule has 1 atom stereocenters. The Morgan fingerprint density at radius 1 is 1.35 bits per heavy atom. The molecule has 110 valence electrons. The quantitative estimate of drug-likeness (QED) is 0.636. The molecule has 20 heavy (non-hydrogen) atoms. The van der Waals surface area contributed by atoms with Crippen molar-refractivity contribution in [2.45, 2.75) is 45.6 Å². The highest BCUT2D eigenvalue weighted by Crippen LogP contribution is 2.32. The number of aryl methyl sites for hydroxylation is 1. The van der Waals surface area contributed by atoms with Gasteiger partial charge >= 0.3 is 5.69 Å². The first-order chi connectivity index (χ1) is 9.52. The molecule has 7 nitrogen and oxygen atoms in total. The van der Waals surface area contributed by atoms with Crippen molar-refractivity contribution in [3.8, 4) is 0 Å². The lowest BCUT2D eigenvalue weighted by molar-refractivity contribution is -0.385. The predicted octanol–water partition coefficient (Wildman–Crippen LogP) is 2.73. The first-order valence-corrected chi connectivity index (χ1v) is 7.00. The number of nitrogens with one attached hydrogen (secondary N) is 2. The first-order valence-electron chi connectivity index (χ1n) is 7.00. The molecule has 2 rings (SSSR count). The van der Waals surface area contributed by atoms with E-state index in [1.165, 1.54) is 25.7 Å². The molecule has 1 fully saturated rings. The molecule has 1 saturated carbocycles. The number of rotatable bonds is 5. The van der Waals surface area contributed by atoms with Crippen LogP contribution in [-0.2, 0) is 0 Å². The molecule has 1 aliphatic carbocycles. The second kappa shape index (κ2) is 6.02. The second-order valence-electron chi connectivity index (χ2n) is 5.31. The minimum Gasteiger partial charge on any atom is -0.361 e. The molecule has 0 aliphatic heterocycles. The number of anilines is 2. The SMILES string of the molecule is CNc1nc(C)c([N+](=O)[O-])c(NC(C)C2CCCC2)n1. The summed E-state index contributed by atoms with van der Waals surface area (Å²) in [5.74, 6) is 1.27. The monoisotopic (exact) mass is 279 g/mol. The van der Waals surface area contributed by atoms with E-state index in [9.17, 15) is 10.1 Å². The number of hydrogen-bond acceptors (Lipinski definition) is 6. The van der Waals surface area contributed by atoms with Crippen LogP contribution in [0.25, 0.3) is 0 Å². The van der Waals surface area contributed by atoms with E-state index in [0.717, 1.165) is 0 Å². The van der Waals surface area contributed by atoms with Gasteiger partial charge in [-0.3, -0.25) is 10.1 Å². The van der Waals surface area contributed by atoms with Crippen LogP contribution in [0.15, 0.2) is 0 Å².